The molecule has 2 rings (SSSR count). The van der Waals surface area contributed by atoms with Crippen molar-refractivity contribution in [3.63, 3.8) is 0 Å². The highest BCUT2D eigenvalue weighted by Gasteiger charge is 2.30. The predicted octanol–water partition coefficient (Wildman–Crippen LogP) is 0.689. The number of aryl methyl sites for hydroxylation is 2. The molecule has 1 saturated heterocycles. The van der Waals surface area contributed by atoms with Crippen molar-refractivity contribution in [2.75, 3.05) is 34.2 Å². The van der Waals surface area contributed by atoms with Crippen molar-refractivity contribution in [1.82, 2.24) is 25.1 Å². The summed E-state index contributed by atoms with van der Waals surface area (Å²) in [5, 5.41) is 2.63. The second-order valence-electron chi connectivity index (χ2n) is 6.45. The number of carbonyl (C=O) groups is 2. The van der Waals surface area contributed by atoms with Gasteiger partial charge in [-0.1, -0.05) is 0 Å². The molecule has 0 bridgehead atoms. The minimum atomic E-state index is 0.00638. The SMILES string of the molecule is CNC(=O)CCc1cc(C)nc([C@@H]2CCCN2CC(=O)N(C)C)n1. The van der Waals surface area contributed by atoms with E-state index in [-0.39, 0.29) is 17.9 Å². The number of aromatic nitrogens is 2. The summed E-state index contributed by atoms with van der Waals surface area (Å²) >= 11 is 0. The molecule has 1 aromatic rings. The van der Waals surface area contributed by atoms with E-state index >= 15 is 0 Å². The van der Waals surface area contributed by atoms with E-state index in [1.54, 1.807) is 26.0 Å². The first kappa shape index (κ1) is 18.3. The first-order chi connectivity index (χ1) is 11.4. The number of amides is 2. The van der Waals surface area contributed by atoms with Crippen LogP contribution in [0.3, 0.4) is 0 Å². The highest BCUT2D eigenvalue weighted by Crippen LogP contribution is 2.29. The van der Waals surface area contributed by atoms with Crippen LogP contribution in [0.1, 0.15) is 42.5 Å². The second kappa shape index (κ2) is 8.19. The zero-order valence-corrected chi connectivity index (χ0v) is 15.0. The molecule has 0 spiro atoms. The van der Waals surface area contributed by atoms with Crippen LogP contribution in [-0.2, 0) is 16.0 Å². The van der Waals surface area contributed by atoms with Crippen molar-refractivity contribution < 1.29 is 9.59 Å². The number of likely N-dealkylation sites (N-methyl/N-ethyl adjacent to an activating group) is 1. The maximum absolute atomic E-state index is 12.0. The number of carbonyl (C=O) groups excluding carboxylic acids is 2. The van der Waals surface area contributed by atoms with Gasteiger partial charge in [0.25, 0.3) is 0 Å². The third kappa shape index (κ3) is 4.74. The smallest absolute Gasteiger partial charge is 0.236 e. The van der Waals surface area contributed by atoms with E-state index in [2.05, 4.69) is 20.2 Å². The summed E-state index contributed by atoms with van der Waals surface area (Å²) in [7, 11) is 5.18. The highest BCUT2D eigenvalue weighted by molar-refractivity contribution is 5.77. The third-order valence-electron chi connectivity index (χ3n) is 4.31. The number of likely N-dealkylation sites (tertiary alicyclic amines) is 1. The van der Waals surface area contributed by atoms with Gasteiger partial charge < -0.3 is 10.2 Å². The van der Waals surface area contributed by atoms with Crippen LogP contribution in [0.2, 0.25) is 0 Å². The summed E-state index contributed by atoms with van der Waals surface area (Å²) in [6.45, 7) is 3.22. The molecule has 7 nitrogen and oxygen atoms in total. The first-order valence-corrected chi connectivity index (χ1v) is 8.40. The largest absolute Gasteiger partial charge is 0.359 e. The first-order valence-electron chi connectivity index (χ1n) is 8.40. The molecule has 1 N–H and O–H groups in total. The molecule has 1 aromatic heterocycles. The summed E-state index contributed by atoms with van der Waals surface area (Å²) < 4.78 is 0. The van der Waals surface area contributed by atoms with Crippen LogP contribution in [0.25, 0.3) is 0 Å². The lowest BCUT2D eigenvalue weighted by atomic mass is 10.1. The van der Waals surface area contributed by atoms with Gasteiger partial charge in [-0.3, -0.25) is 14.5 Å². The molecule has 0 radical (unpaired) electrons. The Morgan fingerprint density at radius 3 is 2.79 bits per heavy atom. The Morgan fingerprint density at radius 1 is 1.38 bits per heavy atom. The van der Waals surface area contributed by atoms with Gasteiger partial charge in [0.15, 0.2) is 0 Å². The summed E-state index contributed by atoms with van der Waals surface area (Å²) in [4.78, 5) is 36.5. The van der Waals surface area contributed by atoms with Crippen molar-refractivity contribution in [3.8, 4) is 0 Å². The fraction of sp³-hybridized carbons (Fsp3) is 0.647. The number of hydrogen-bond donors (Lipinski definition) is 1. The maximum atomic E-state index is 12.0. The van der Waals surface area contributed by atoms with Gasteiger partial charge in [-0.25, -0.2) is 9.97 Å². The van der Waals surface area contributed by atoms with E-state index < -0.39 is 0 Å². The minimum absolute atomic E-state index is 0.00638. The highest BCUT2D eigenvalue weighted by atomic mass is 16.2. The van der Waals surface area contributed by atoms with Crippen LogP contribution >= 0.6 is 0 Å². The standard InChI is InChI=1S/C17H27N5O2/c1-12-10-13(7-8-15(23)18-2)20-17(19-12)14-6-5-9-22(14)11-16(24)21(3)4/h10,14H,5-9,11H2,1-4H3,(H,18,23)/t14-/m0/s1. The number of nitrogens with one attached hydrogen (secondary N) is 1. The Kier molecular flexibility index (Phi) is 6.25. The molecule has 1 aliphatic heterocycles. The molecule has 0 unspecified atom stereocenters. The van der Waals surface area contributed by atoms with Crippen molar-refractivity contribution in [3.05, 3.63) is 23.3 Å². The lowest BCUT2D eigenvalue weighted by Gasteiger charge is -2.24. The van der Waals surface area contributed by atoms with Crippen LogP contribution in [0.15, 0.2) is 6.07 Å². The van der Waals surface area contributed by atoms with E-state index in [1.165, 1.54) is 0 Å². The second-order valence-corrected chi connectivity index (χ2v) is 6.45. The zero-order chi connectivity index (χ0) is 17.7. The molecule has 0 aromatic carbocycles. The monoisotopic (exact) mass is 333 g/mol. The third-order valence-corrected chi connectivity index (χ3v) is 4.31. The van der Waals surface area contributed by atoms with Gasteiger partial charge in [-0.15, -0.1) is 0 Å². The Labute approximate surface area is 143 Å². The van der Waals surface area contributed by atoms with Crippen molar-refractivity contribution in [2.45, 2.75) is 38.6 Å². The summed E-state index contributed by atoms with van der Waals surface area (Å²) in [5.74, 6) is 0.868. The van der Waals surface area contributed by atoms with E-state index in [9.17, 15) is 9.59 Å². The molecule has 2 heterocycles. The number of hydrogen-bond acceptors (Lipinski definition) is 5. The summed E-state index contributed by atoms with van der Waals surface area (Å²) in [5.41, 5.74) is 1.78. The molecule has 1 atom stereocenters. The van der Waals surface area contributed by atoms with Crippen LogP contribution < -0.4 is 5.32 Å². The molecule has 132 valence electrons. The van der Waals surface area contributed by atoms with Crippen molar-refractivity contribution in [1.29, 1.82) is 0 Å². The van der Waals surface area contributed by atoms with Gasteiger partial charge in [-0.05, 0) is 38.8 Å². The molecule has 2 amide bonds. The van der Waals surface area contributed by atoms with E-state index in [0.717, 1.165) is 36.6 Å². The Bertz CT molecular complexity index is 603. The zero-order valence-electron chi connectivity index (χ0n) is 15.0. The molecule has 0 aliphatic carbocycles. The Morgan fingerprint density at radius 2 is 2.12 bits per heavy atom. The molecule has 24 heavy (non-hydrogen) atoms. The topological polar surface area (TPSA) is 78.4 Å². The number of rotatable bonds is 6. The Hall–Kier alpha value is -2.02. The van der Waals surface area contributed by atoms with Gasteiger partial charge >= 0.3 is 0 Å². The maximum Gasteiger partial charge on any atom is 0.236 e. The van der Waals surface area contributed by atoms with Crippen LogP contribution in [0.5, 0.6) is 0 Å². The van der Waals surface area contributed by atoms with E-state index in [0.29, 0.717) is 19.4 Å². The normalized spacial score (nSPS) is 17.8. The van der Waals surface area contributed by atoms with Crippen LogP contribution in [0.4, 0.5) is 0 Å². The average molecular weight is 333 g/mol. The minimum Gasteiger partial charge on any atom is -0.359 e. The predicted molar refractivity (Wildman–Crippen MR) is 91.4 cm³/mol. The molecule has 1 aliphatic rings. The molecule has 0 saturated carbocycles. The van der Waals surface area contributed by atoms with Gasteiger partial charge in [0.1, 0.15) is 5.82 Å². The van der Waals surface area contributed by atoms with Gasteiger partial charge in [0, 0.05) is 39.0 Å². The van der Waals surface area contributed by atoms with Crippen molar-refractivity contribution in [2.24, 2.45) is 0 Å². The lowest BCUT2D eigenvalue weighted by molar-refractivity contribution is -0.130. The molecule has 7 heteroatoms. The van der Waals surface area contributed by atoms with Crippen LogP contribution in [0, 0.1) is 6.92 Å². The Balaban J connectivity index is 2.13. The van der Waals surface area contributed by atoms with Gasteiger partial charge in [0.2, 0.25) is 11.8 Å². The number of nitrogens with zero attached hydrogens (tertiary/aromatic N) is 4. The molecular formula is C17H27N5O2. The van der Waals surface area contributed by atoms with E-state index in [4.69, 9.17) is 0 Å². The fourth-order valence-electron chi connectivity index (χ4n) is 2.93. The van der Waals surface area contributed by atoms with Crippen LogP contribution in [-0.4, -0.2) is 65.8 Å². The van der Waals surface area contributed by atoms with Gasteiger partial charge in [-0.2, -0.15) is 0 Å². The average Bonchev–Trinajstić information content (AvgIpc) is 3.00. The molecular weight excluding hydrogens is 306 g/mol. The molecule has 1 fully saturated rings. The quantitative estimate of drug-likeness (QED) is 0.829. The van der Waals surface area contributed by atoms with Gasteiger partial charge in [0.05, 0.1) is 12.6 Å². The van der Waals surface area contributed by atoms with Crippen molar-refractivity contribution >= 4 is 11.8 Å². The lowest BCUT2D eigenvalue weighted by Crippen LogP contribution is -2.36. The van der Waals surface area contributed by atoms with E-state index in [1.807, 2.05) is 13.0 Å². The summed E-state index contributed by atoms with van der Waals surface area (Å²) in [6, 6.07) is 2.00. The summed E-state index contributed by atoms with van der Waals surface area (Å²) in [6.07, 6.45) is 3.01. The fourth-order valence-corrected chi connectivity index (χ4v) is 2.93.